The van der Waals surface area contributed by atoms with Crippen molar-refractivity contribution in [1.29, 1.82) is 0 Å². The molecular weight excluding hydrogens is 320 g/mol. The van der Waals surface area contributed by atoms with Crippen molar-refractivity contribution in [3.8, 4) is 0 Å². The van der Waals surface area contributed by atoms with Crippen molar-refractivity contribution in [3.63, 3.8) is 0 Å². The van der Waals surface area contributed by atoms with Crippen molar-refractivity contribution in [2.45, 2.75) is 6.42 Å². The number of hydrogen-bond acceptors (Lipinski definition) is 4. The van der Waals surface area contributed by atoms with Crippen LogP contribution in [0.1, 0.15) is 16.8 Å². The zero-order valence-electron chi connectivity index (χ0n) is 9.81. The molecule has 1 aromatic carbocycles. The van der Waals surface area contributed by atoms with Crippen molar-refractivity contribution < 1.29 is 9.72 Å². The van der Waals surface area contributed by atoms with E-state index < -0.39 is 4.92 Å². The fraction of sp³-hybridized carbons (Fsp3) is 0.364. The maximum absolute atomic E-state index is 11.8. The van der Waals surface area contributed by atoms with Gasteiger partial charge >= 0.3 is 0 Å². The number of nitrogens with one attached hydrogen (secondary N) is 1. The van der Waals surface area contributed by atoms with Gasteiger partial charge in [0, 0.05) is 12.6 Å². The van der Waals surface area contributed by atoms with Crippen LogP contribution in [0.3, 0.4) is 0 Å². The average Bonchev–Trinajstić information content (AvgIpc) is 2.34. The van der Waals surface area contributed by atoms with Gasteiger partial charge in [0.25, 0.3) is 11.6 Å². The largest absolute Gasteiger partial charge is 0.352 e. The van der Waals surface area contributed by atoms with Gasteiger partial charge in [-0.2, -0.15) is 11.8 Å². The van der Waals surface area contributed by atoms with Crippen LogP contribution in [0.15, 0.2) is 22.7 Å². The van der Waals surface area contributed by atoms with Crippen molar-refractivity contribution in [1.82, 2.24) is 5.32 Å². The number of thioether (sulfide) groups is 1. The van der Waals surface area contributed by atoms with Gasteiger partial charge < -0.3 is 5.32 Å². The molecule has 0 aliphatic rings. The van der Waals surface area contributed by atoms with E-state index in [0.29, 0.717) is 6.54 Å². The van der Waals surface area contributed by atoms with E-state index >= 15 is 0 Å². The quantitative estimate of drug-likeness (QED) is 0.494. The highest BCUT2D eigenvalue weighted by Crippen LogP contribution is 2.28. The van der Waals surface area contributed by atoms with Crippen LogP contribution in [-0.2, 0) is 0 Å². The molecule has 5 nitrogen and oxygen atoms in total. The number of carbonyl (C=O) groups is 1. The van der Waals surface area contributed by atoms with Gasteiger partial charge in [0.15, 0.2) is 0 Å². The molecule has 0 fully saturated rings. The van der Waals surface area contributed by atoms with E-state index in [9.17, 15) is 14.9 Å². The smallest absolute Gasteiger partial charge is 0.284 e. The third-order valence-electron chi connectivity index (χ3n) is 2.23. The van der Waals surface area contributed by atoms with Crippen molar-refractivity contribution in [2.24, 2.45) is 0 Å². The number of nitro benzene ring substituents is 1. The Morgan fingerprint density at radius 1 is 1.56 bits per heavy atom. The molecule has 0 radical (unpaired) electrons. The molecule has 18 heavy (non-hydrogen) atoms. The summed E-state index contributed by atoms with van der Waals surface area (Å²) in [5, 5.41) is 13.5. The second kappa shape index (κ2) is 7.38. The number of halogens is 1. The van der Waals surface area contributed by atoms with Crippen LogP contribution >= 0.6 is 27.7 Å². The predicted molar refractivity (Wildman–Crippen MR) is 76.1 cm³/mol. The zero-order valence-corrected chi connectivity index (χ0v) is 12.2. The van der Waals surface area contributed by atoms with Gasteiger partial charge in [-0.05, 0) is 40.4 Å². The predicted octanol–water partition coefficient (Wildman–Crippen LogP) is 2.84. The van der Waals surface area contributed by atoms with Crippen LogP contribution in [0.5, 0.6) is 0 Å². The lowest BCUT2D eigenvalue weighted by Gasteiger charge is -2.06. The van der Waals surface area contributed by atoms with E-state index in [0.717, 1.165) is 12.2 Å². The Morgan fingerprint density at radius 2 is 2.28 bits per heavy atom. The van der Waals surface area contributed by atoms with Crippen LogP contribution in [0.2, 0.25) is 0 Å². The van der Waals surface area contributed by atoms with E-state index in [-0.39, 0.29) is 21.6 Å². The topological polar surface area (TPSA) is 72.2 Å². The standard InChI is InChI=1S/C11H13BrN2O3S/c1-18-7-3-6-13-11(15)8-4-2-5-9(10(8)12)14(16)17/h2,4-5H,3,6-7H2,1H3,(H,13,15). The molecule has 0 bridgehead atoms. The molecule has 98 valence electrons. The third kappa shape index (κ3) is 3.99. The Morgan fingerprint density at radius 3 is 2.89 bits per heavy atom. The number of nitro groups is 1. The summed E-state index contributed by atoms with van der Waals surface area (Å²) in [6, 6.07) is 4.41. The summed E-state index contributed by atoms with van der Waals surface area (Å²) in [6.45, 7) is 0.564. The Hall–Kier alpha value is -1.08. The first-order valence-electron chi connectivity index (χ1n) is 5.28. The van der Waals surface area contributed by atoms with Crippen LogP contribution in [0.4, 0.5) is 5.69 Å². The van der Waals surface area contributed by atoms with Crippen LogP contribution < -0.4 is 5.32 Å². The second-order valence-electron chi connectivity index (χ2n) is 3.50. The maximum atomic E-state index is 11.8. The minimum Gasteiger partial charge on any atom is -0.352 e. The highest BCUT2D eigenvalue weighted by Gasteiger charge is 2.18. The maximum Gasteiger partial charge on any atom is 0.284 e. The Kier molecular flexibility index (Phi) is 6.14. The Balaban J connectivity index is 2.74. The molecule has 0 atom stereocenters. The molecule has 0 aliphatic heterocycles. The van der Waals surface area contributed by atoms with Crippen LogP contribution in [0.25, 0.3) is 0 Å². The summed E-state index contributed by atoms with van der Waals surface area (Å²) >= 11 is 4.81. The number of rotatable bonds is 6. The molecule has 7 heteroatoms. The monoisotopic (exact) mass is 332 g/mol. The van der Waals surface area contributed by atoms with E-state index in [1.54, 1.807) is 17.8 Å². The van der Waals surface area contributed by atoms with Gasteiger partial charge in [-0.15, -0.1) is 0 Å². The number of benzene rings is 1. The summed E-state index contributed by atoms with van der Waals surface area (Å²) in [5.41, 5.74) is 0.181. The van der Waals surface area contributed by atoms with E-state index in [1.165, 1.54) is 12.1 Å². The molecule has 1 amide bonds. The molecule has 0 unspecified atom stereocenters. The van der Waals surface area contributed by atoms with Gasteiger partial charge in [0.2, 0.25) is 0 Å². The van der Waals surface area contributed by atoms with Crippen molar-refractivity contribution in [2.75, 3.05) is 18.6 Å². The summed E-state index contributed by atoms with van der Waals surface area (Å²) in [7, 11) is 0. The van der Waals surface area contributed by atoms with Crippen molar-refractivity contribution in [3.05, 3.63) is 38.3 Å². The molecule has 0 spiro atoms. The Bertz CT molecular complexity index is 454. The summed E-state index contributed by atoms with van der Waals surface area (Å²) < 4.78 is 0.220. The highest BCUT2D eigenvalue weighted by molar-refractivity contribution is 9.10. The molecule has 0 heterocycles. The van der Waals surface area contributed by atoms with Gasteiger partial charge in [-0.1, -0.05) is 6.07 Å². The second-order valence-corrected chi connectivity index (χ2v) is 5.28. The van der Waals surface area contributed by atoms with Crippen molar-refractivity contribution >= 4 is 39.3 Å². The lowest BCUT2D eigenvalue weighted by Crippen LogP contribution is -2.25. The third-order valence-corrected chi connectivity index (χ3v) is 3.76. The van der Waals surface area contributed by atoms with E-state index in [2.05, 4.69) is 21.2 Å². The average molecular weight is 333 g/mol. The first-order chi connectivity index (χ1) is 8.57. The summed E-state index contributed by atoms with van der Waals surface area (Å²) in [4.78, 5) is 22.1. The molecule has 1 N–H and O–H groups in total. The lowest BCUT2D eigenvalue weighted by atomic mass is 10.2. The van der Waals surface area contributed by atoms with Gasteiger partial charge in [-0.3, -0.25) is 14.9 Å². The molecule has 1 rings (SSSR count). The molecule has 0 aliphatic carbocycles. The molecule has 1 aromatic rings. The zero-order chi connectivity index (χ0) is 13.5. The lowest BCUT2D eigenvalue weighted by molar-refractivity contribution is -0.385. The van der Waals surface area contributed by atoms with Gasteiger partial charge in [0.1, 0.15) is 4.47 Å². The number of amides is 1. The van der Waals surface area contributed by atoms with Crippen LogP contribution in [0, 0.1) is 10.1 Å². The Labute approximate surface area is 118 Å². The first-order valence-corrected chi connectivity index (χ1v) is 7.46. The van der Waals surface area contributed by atoms with Gasteiger partial charge in [0.05, 0.1) is 10.5 Å². The normalized spacial score (nSPS) is 10.1. The molecular formula is C11H13BrN2O3S. The highest BCUT2D eigenvalue weighted by atomic mass is 79.9. The molecule has 0 aromatic heterocycles. The van der Waals surface area contributed by atoms with Gasteiger partial charge in [-0.25, -0.2) is 0 Å². The fourth-order valence-corrected chi connectivity index (χ4v) is 2.37. The summed E-state index contributed by atoms with van der Waals surface area (Å²) in [5.74, 6) is 0.669. The van der Waals surface area contributed by atoms with E-state index in [1.807, 2.05) is 6.26 Å². The molecule has 0 saturated heterocycles. The number of nitrogens with zero attached hydrogens (tertiary/aromatic N) is 1. The first kappa shape index (κ1) is 15.0. The SMILES string of the molecule is CSCCCNC(=O)c1cccc([N+](=O)[O-])c1Br. The number of hydrogen-bond donors (Lipinski definition) is 1. The van der Waals surface area contributed by atoms with E-state index in [4.69, 9.17) is 0 Å². The fourth-order valence-electron chi connectivity index (χ4n) is 1.35. The number of carbonyl (C=O) groups excluding carboxylic acids is 1. The summed E-state index contributed by atoms with van der Waals surface area (Å²) in [6.07, 6.45) is 2.87. The minimum atomic E-state index is -0.519. The minimum absolute atomic E-state index is 0.105. The van der Waals surface area contributed by atoms with Crippen LogP contribution in [-0.4, -0.2) is 29.4 Å². The molecule has 0 saturated carbocycles.